The highest BCUT2D eigenvalue weighted by atomic mass is 35.5. The predicted molar refractivity (Wildman–Crippen MR) is 129 cm³/mol. The van der Waals surface area contributed by atoms with E-state index in [1.165, 1.54) is 17.4 Å². The Morgan fingerprint density at radius 1 is 1.12 bits per heavy atom. The molecule has 0 aliphatic carbocycles. The number of carbonyl (C=O) groups is 1. The number of aryl methyl sites for hydroxylation is 2. The van der Waals surface area contributed by atoms with Crippen LogP contribution in [0.2, 0.25) is 5.02 Å². The lowest BCUT2D eigenvalue weighted by Crippen LogP contribution is -2.19. The summed E-state index contributed by atoms with van der Waals surface area (Å²) in [4.78, 5) is 17.6. The van der Waals surface area contributed by atoms with Crippen molar-refractivity contribution in [1.82, 2.24) is 30.3 Å². The van der Waals surface area contributed by atoms with E-state index < -0.39 is 6.04 Å². The fourth-order valence-electron chi connectivity index (χ4n) is 3.94. The first-order valence-corrected chi connectivity index (χ1v) is 11.9. The van der Waals surface area contributed by atoms with Crippen molar-refractivity contribution in [1.29, 1.82) is 0 Å². The number of aromatic nitrogens is 5. The maximum absolute atomic E-state index is 11.2. The van der Waals surface area contributed by atoms with E-state index in [1.807, 2.05) is 31.2 Å². The molecule has 5 rings (SSSR count). The molecule has 174 valence electrons. The third-order valence-corrected chi connectivity index (χ3v) is 7.17. The Labute approximate surface area is 204 Å². The van der Waals surface area contributed by atoms with Crippen molar-refractivity contribution in [3.63, 3.8) is 0 Å². The minimum atomic E-state index is -0.403. The topological polar surface area (TPSA) is 111 Å². The van der Waals surface area contributed by atoms with Crippen molar-refractivity contribution in [2.75, 3.05) is 0 Å². The van der Waals surface area contributed by atoms with E-state index in [0.717, 1.165) is 27.7 Å². The van der Waals surface area contributed by atoms with Gasteiger partial charge in [-0.25, -0.2) is 0 Å². The van der Waals surface area contributed by atoms with Gasteiger partial charge in [0.15, 0.2) is 5.82 Å². The van der Waals surface area contributed by atoms with E-state index in [-0.39, 0.29) is 12.5 Å². The van der Waals surface area contributed by atoms with Gasteiger partial charge in [0, 0.05) is 28.0 Å². The van der Waals surface area contributed by atoms with Gasteiger partial charge < -0.3 is 9.73 Å². The van der Waals surface area contributed by atoms with Crippen LogP contribution in [0.1, 0.15) is 58.0 Å². The second kappa shape index (κ2) is 8.77. The third-order valence-electron chi connectivity index (χ3n) is 5.72. The molecule has 0 bridgehead atoms. The Kier molecular flexibility index (Phi) is 5.78. The van der Waals surface area contributed by atoms with Crippen molar-refractivity contribution >= 4 is 34.6 Å². The predicted octanol–water partition coefficient (Wildman–Crippen LogP) is 4.06. The highest BCUT2D eigenvalue weighted by molar-refractivity contribution is 7.15. The van der Waals surface area contributed by atoms with Crippen LogP contribution in [0.4, 0.5) is 0 Å². The van der Waals surface area contributed by atoms with E-state index in [4.69, 9.17) is 21.0 Å². The number of fused-ring (bicyclic) bond motifs is 3. The van der Waals surface area contributed by atoms with Gasteiger partial charge in [0.25, 0.3) is 0 Å². The van der Waals surface area contributed by atoms with E-state index >= 15 is 0 Å². The highest BCUT2D eigenvalue weighted by Crippen LogP contribution is 2.39. The molecule has 0 saturated heterocycles. The Balaban J connectivity index is 1.62. The SMILES string of the molecule is CC(=O)NCc1nnc(C[C@@H]2N=C(c3ccc(Cl)cc3)c3c(sc(C)c3C)-n3c(C)nnc32)o1. The molecule has 0 radical (unpaired) electrons. The van der Waals surface area contributed by atoms with Gasteiger partial charge in [0.05, 0.1) is 18.7 Å². The van der Waals surface area contributed by atoms with Crippen LogP contribution in [0.25, 0.3) is 5.00 Å². The number of hydrogen-bond donors (Lipinski definition) is 1. The summed E-state index contributed by atoms with van der Waals surface area (Å²) in [6.45, 7) is 7.78. The monoisotopic (exact) mass is 495 g/mol. The molecule has 1 aliphatic heterocycles. The number of nitrogens with zero attached hydrogens (tertiary/aromatic N) is 6. The van der Waals surface area contributed by atoms with Crippen LogP contribution in [0.15, 0.2) is 33.7 Å². The lowest BCUT2D eigenvalue weighted by molar-refractivity contribution is -0.119. The molecule has 0 spiro atoms. The Morgan fingerprint density at radius 2 is 1.85 bits per heavy atom. The highest BCUT2D eigenvalue weighted by Gasteiger charge is 2.32. The van der Waals surface area contributed by atoms with Gasteiger partial charge in [-0.2, -0.15) is 0 Å². The van der Waals surface area contributed by atoms with E-state index in [1.54, 1.807) is 11.3 Å². The molecule has 4 heterocycles. The number of benzene rings is 1. The van der Waals surface area contributed by atoms with Gasteiger partial charge in [-0.15, -0.1) is 31.7 Å². The van der Waals surface area contributed by atoms with Crippen molar-refractivity contribution in [2.24, 2.45) is 4.99 Å². The van der Waals surface area contributed by atoms with Crippen LogP contribution < -0.4 is 5.32 Å². The van der Waals surface area contributed by atoms with Gasteiger partial charge in [0.2, 0.25) is 17.7 Å². The summed E-state index contributed by atoms with van der Waals surface area (Å²) in [6, 6.07) is 7.29. The number of rotatable bonds is 5. The normalized spacial score (nSPS) is 14.9. The minimum Gasteiger partial charge on any atom is -0.423 e. The maximum Gasteiger partial charge on any atom is 0.235 e. The van der Waals surface area contributed by atoms with Gasteiger partial charge >= 0.3 is 0 Å². The van der Waals surface area contributed by atoms with Crippen molar-refractivity contribution in [3.05, 3.63) is 74.3 Å². The second-order valence-electron chi connectivity index (χ2n) is 8.11. The van der Waals surface area contributed by atoms with Crippen LogP contribution in [0, 0.1) is 20.8 Å². The van der Waals surface area contributed by atoms with Crippen LogP contribution in [-0.2, 0) is 17.8 Å². The first kappa shape index (κ1) is 22.4. The largest absolute Gasteiger partial charge is 0.423 e. The number of carbonyl (C=O) groups excluding carboxylic acids is 1. The lowest BCUT2D eigenvalue weighted by atomic mass is 9.99. The van der Waals surface area contributed by atoms with Gasteiger partial charge in [-0.05, 0) is 38.5 Å². The zero-order valence-electron chi connectivity index (χ0n) is 19.1. The van der Waals surface area contributed by atoms with Crippen molar-refractivity contribution < 1.29 is 9.21 Å². The van der Waals surface area contributed by atoms with Crippen molar-refractivity contribution in [3.8, 4) is 5.00 Å². The smallest absolute Gasteiger partial charge is 0.235 e. The quantitative estimate of drug-likeness (QED) is 0.447. The van der Waals surface area contributed by atoms with Gasteiger partial charge in [0.1, 0.15) is 16.9 Å². The molecule has 9 nitrogen and oxygen atoms in total. The molecule has 3 aromatic heterocycles. The third kappa shape index (κ3) is 4.03. The van der Waals surface area contributed by atoms with Gasteiger partial charge in [-0.3, -0.25) is 14.4 Å². The summed E-state index contributed by atoms with van der Waals surface area (Å²) < 4.78 is 7.85. The standard InChI is InChI=1S/C23H22ClN7O2S/c1-11-12(2)34-23-20(11)21(15-5-7-16(24)8-6-15)26-17(22-30-27-13(3)31(22)23)9-18-28-29-19(33-18)10-25-14(4)32/h5-8,17H,9-10H2,1-4H3,(H,25,32)/t17-/m0/s1. The van der Waals surface area contributed by atoms with Gasteiger partial charge in [-0.1, -0.05) is 23.7 Å². The number of hydrogen-bond acceptors (Lipinski definition) is 8. The van der Waals surface area contributed by atoms with Crippen LogP contribution >= 0.6 is 22.9 Å². The zero-order valence-corrected chi connectivity index (χ0v) is 20.7. The van der Waals surface area contributed by atoms with Crippen LogP contribution in [0.3, 0.4) is 0 Å². The minimum absolute atomic E-state index is 0.166. The summed E-state index contributed by atoms with van der Waals surface area (Å²) in [5.41, 5.74) is 4.06. The number of aliphatic imine (C=N–C) groups is 1. The molecule has 1 aliphatic rings. The number of nitrogens with one attached hydrogen (secondary N) is 1. The summed E-state index contributed by atoms with van der Waals surface area (Å²) in [7, 11) is 0. The summed E-state index contributed by atoms with van der Waals surface area (Å²) in [6.07, 6.45) is 0.343. The molecule has 0 saturated carbocycles. The van der Waals surface area contributed by atoms with Crippen LogP contribution in [0.5, 0.6) is 0 Å². The zero-order chi connectivity index (χ0) is 24.0. The van der Waals surface area contributed by atoms with Crippen molar-refractivity contribution in [2.45, 2.75) is 46.7 Å². The number of thiophene rings is 1. The lowest BCUT2D eigenvalue weighted by Gasteiger charge is -2.11. The number of amides is 1. The van der Waals surface area contributed by atoms with E-state index in [0.29, 0.717) is 29.0 Å². The molecule has 4 aromatic rings. The molecule has 1 aromatic carbocycles. The Hall–Kier alpha value is -3.37. The molecule has 11 heteroatoms. The molecule has 0 fully saturated rings. The maximum atomic E-state index is 11.2. The summed E-state index contributed by atoms with van der Waals surface area (Å²) in [5, 5.41) is 21.4. The summed E-state index contributed by atoms with van der Waals surface area (Å²) in [5.74, 6) is 2.08. The fourth-order valence-corrected chi connectivity index (χ4v) is 5.28. The molecule has 1 amide bonds. The Morgan fingerprint density at radius 3 is 2.59 bits per heavy atom. The molecular formula is C23H22ClN7O2S. The average molecular weight is 496 g/mol. The Bertz CT molecular complexity index is 1420. The average Bonchev–Trinajstić information content (AvgIpc) is 3.46. The molecule has 0 unspecified atom stereocenters. The van der Waals surface area contributed by atoms with E-state index in [2.05, 4.69) is 44.1 Å². The molecular weight excluding hydrogens is 474 g/mol. The molecule has 34 heavy (non-hydrogen) atoms. The van der Waals surface area contributed by atoms with Crippen LogP contribution in [-0.4, -0.2) is 36.6 Å². The molecule has 1 N–H and O–H groups in total. The second-order valence-corrected chi connectivity index (χ2v) is 9.75. The first-order chi connectivity index (χ1) is 16.3. The summed E-state index contributed by atoms with van der Waals surface area (Å²) >= 11 is 7.86. The fraction of sp³-hybridized carbons (Fsp3) is 0.304. The first-order valence-electron chi connectivity index (χ1n) is 10.7. The number of halogens is 1. The molecule has 1 atom stereocenters. The van der Waals surface area contributed by atoms with E-state index in [9.17, 15) is 4.79 Å².